The van der Waals surface area contributed by atoms with Gasteiger partial charge in [-0.25, -0.2) is 13.9 Å². The Hall–Kier alpha value is -2.47. The summed E-state index contributed by atoms with van der Waals surface area (Å²) < 4.78 is 17.9. The summed E-state index contributed by atoms with van der Waals surface area (Å²) in [6.07, 6.45) is 3.30. The summed E-state index contributed by atoms with van der Waals surface area (Å²) in [6.45, 7) is 0. The van der Waals surface area contributed by atoms with E-state index in [0.717, 1.165) is 0 Å². The normalized spacial score (nSPS) is 10.8. The number of benzene rings is 1. The van der Waals surface area contributed by atoms with E-state index < -0.39 is 11.8 Å². The molecule has 0 atom stereocenters. The van der Waals surface area contributed by atoms with Crippen LogP contribution in [0.5, 0.6) is 0 Å². The van der Waals surface area contributed by atoms with Crippen molar-refractivity contribution in [3.05, 3.63) is 58.7 Å². The van der Waals surface area contributed by atoms with Crippen LogP contribution >= 0.6 is 15.9 Å². The van der Waals surface area contributed by atoms with Crippen LogP contribution in [-0.2, 0) is 7.05 Å². The first kappa shape index (κ1) is 19.3. The summed E-state index contributed by atoms with van der Waals surface area (Å²) in [7, 11) is 1.74. The predicted molar refractivity (Wildman–Crippen MR) is 92.6 cm³/mol. The number of rotatable bonds is 3. The second-order valence-electron chi connectivity index (χ2n) is 5.64. The number of aromatic nitrogens is 5. The Morgan fingerprint density at radius 1 is 1.26 bits per heavy atom. The van der Waals surface area contributed by atoms with E-state index in [1.807, 2.05) is 0 Å². The van der Waals surface area contributed by atoms with Crippen molar-refractivity contribution in [1.29, 1.82) is 0 Å². The first-order chi connectivity index (χ1) is 12.4. The molecule has 0 aliphatic heterocycles. The van der Waals surface area contributed by atoms with Crippen LogP contribution in [0.4, 0.5) is 4.39 Å². The van der Waals surface area contributed by atoms with Gasteiger partial charge in [-0.15, -0.1) is 0 Å². The summed E-state index contributed by atoms with van der Waals surface area (Å²) in [6, 6.07) is 7.50. The van der Waals surface area contributed by atoms with Crippen molar-refractivity contribution in [2.45, 2.75) is 0 Å². The molecule has 7 nitrogen and oxygen atoms in total. The molecule has 10 heteroatoms. The molecule has 0 fully saturated rings. The van der Waals surface area contributed by atoms with Crippen LogP contribution < -0.4 is 24.0 Å². The van der Waals surface area contributed by atoms with Crippen LogP contribution in [0.15, 0.2) is 47.2 Å². The quantitative estimate of drug-likeness (QED) is 0.398. The van der Waals surface area contributed by atoms with Gasteiger partial charge < -0.3 is 9.90 Å². The molecule has 4 rings (SSSR count). The Labute approximate surface area is 173 Å². The molecule has 0 saturated carbocycles. The van der Waals surface area contributed by atoms with E-state index >= 15 is 0 Å². The second kappa shape index (κ2) is 7.27. The molecule has 0 aliphatic rings. The number of carboxylic acids is 1. The van der Waals surface area contributed by atoms with E-state index in [4.69, 9.17) is 0 Å². The average molecular weight is 422 g/mol. The summed E-state index contributed by atoms with van der Waals surface area (Å²) in [4.78, 5) is 15.4. The van der Waals surface area contributed by atoms with Crippen LogP contribution in [0.2, 0.25) is 0 Å². The minimum atomic E-state index is -1.41. The summed E-state index contributed by atoms with van der Waals surface area (Å²) in [5.41, 5.74) is 1.76. The third-order valence-electron chi connectivity index (χ3n) is 3.84. The number of nitrogens with zero attached hydrogens (tertiary/aromatic N) is 5. The molecule has 0 spiro atoms. The number of fused-ring (bicyclic) bond motifs is 1. The van der Waals surface area contributed by atoms with Crippen LogP contribution in [0.25, 0.3) is 28.2 Å². The average Bonchev–Trinajstić information content (AvgIpc) is 3.19. The zero-order valence-corrected chi connectivity index (χ0v) is 15.9. The maximum absolute atomic E-state index is 14.3. The van der Waals surface area contributed by atoms with Gasteiger partial charge in [0, 0.05) is 34.9 Å². The van der Waals surface area contributed by atoms with Gasteiger partial charge in [-0.3, -0.25) is 4.68 Å². The number of halogens is 2. The molecule has 130 valence electrons. The molecule has 27 heavy (non-hydrogen) atoms. The van der Waals surface area contributed by atoms with Gasteiger partial charge in [0.15, 0.2) is 5.65 Å². The zero-order chi connectivity index (χ0) is 18.4. The third-order valence-corrected chi connectivity index (χ3v) is 4.34. The second-order valence-corrected chi connectivity index (χ2v) is 6.56. The minimum Gasteiger partial charge on any atom is -0.543 e. The molecule has 4 aromatic rings. The number of carbonyl (C=O) groups is 1. The number of hydrogen-bond acceptors (Lipinski definition) is 5. The SMILES string of the molecule is Cn1cc(-c2cc(C(=O)[O-])nc3cc(-c4ccc(Br)cc4F)nn23)cn1.[Li+]. The number of hydrogen-bond donors (Lipinski definition) is 0. The fourth-order valence-electron chi connectivity index (χ4n) is 2.67. The summed E-state index contributed by atoms with van der Waals surface area (Å²) in [5.74, 6) is -1.86. The van der Waals surface area contributed by atoms with Crippen molar-refractivity contribution in [3.63, 3.8) is 0 Å². The number of carboxylic acid groups (broad SMARTS) is 1. The van der Waals surface area contributed by atoms with E-state index in [0.29, 0.717) is 21.4 Å². The van der Waals surface area contributed by atoms with Gasteiger partial charge in [0.05, 0.1) is 29.2 Å². The van der Waals surface area contributed by atoms with Crippen molar-refractivity contribution >= 4 is 27.5 Å². The number of aryl methyl sites for hydroxylation is 1. The maximum Gasteiger partial charge on any atom is 1.00 e. The van der Waals surface area contributed by atoms with E-state index in [1.54, 1.807) is 36.3 Å². The van der Waals surface area contributed by atoms with Crippen LogP contribution in [0.3, 0.4) is 0 Å². The molecule has 1 aromatic carbocycles. The van der Waals surface area contributed by atoms with Crippen LogP contribution in [0.1, 0.15) is 10.5 Å². The van der Waals surface area contributed by atoms with Gasteiger partial charge in [-0.2, -0.15) is 10.2 Å². The molecule has 3 aromatic heterocycles. The topological polar surface area (TPSA) is 88.1 Å². The van der Waals surface area contributed by atoms with Gasteiger partial charge in [0.25, 0.3) is 0 Å². The molecule has 0 unspecified atom stereocenters. The standard InChI is InChI=1S/C17H11BrFN5O2.Li/c1-23-8-9(7-20-23)15-5-14(17(25)26)21-16-6-13(22-24(15)16)11-3-2-10(18)4-12(11)19;/h2-8H,1H3,(H,25,26);/q;+1/p-1. The molecule has 0 aliphatic carbocycles. The molecule has 0 radical (unpaired) electrons. The third kappa shape index (κ3) is 3.54. The molecule has 0 N–H and O–H groups in total. The van der Waals surface area contributed by atoms with Crippen molar-refractivity contribution in [1.82, 2.24) is 24.4 Å². The largest absolute Gasteiger partial charge is 1.00 e. The Bertz CT molecular complexity index is 1170. The van der Waals surface area contributed by atoms with E-state index in [1.165, 1.54) is 22.7 Å². The Balaban J connectivity index is 0.00000210. The molecule has 0 bridgehead atoms. The predicted octanol–water partition coefficient (Wildman–Crippen LogP) is -0.934. The van der Waals surface area contributed by atoms with Gasteiger partial charge in [-0.1, -0.05) is 15.9 Å². The van der Waals surface area contributed by atoms with Gasteiger partial charge in [0.2, 0.25) is 0 Å². The van der Waals surface area contributed by atoms with Gasteiger partial charge in [0.1, 0.15) is 5.82 Å². The van der Waals surface area contributed by atoms with E-state index in [9.17, 15) is 14.3 Å². The Morgan fingerprint density at radius 3 is 2.67 bits per heavy atom. The van der Waals surface area contributed by atoms with Gasteiger partial charge >= 0.3 is 18.9 Å². The summed E-state index contributed by atoms with van der Waals surface area (Å²) in [5, 5.41) is 19.8. The van der Waals surface area contributed by atoms with Crippen molar-refractivity contribution in [2.24, 2.45) is 7.05 Å². The monoisotopic (exact) mass is 421 g/mol. The molecule has 0 saturated heterocycles. The smallest absolute Gasteiger partial charge is 0.543 e. The van der Waals surface area contributed by atoms with Crippen molar-refractivity contribution < 1.29 is 33.2 Å². The number of carbonyl (C=O) groups excluding carboxylic acids is 1. The molecule has 3 heterocycles. The summed E-state index contributed by atoms with van der Waals surface area (Å²) >= 11 is 3.21. The molecule has 0 amide bonds. The van der Waals surface area contributed by atoms with E-state index in [-0.39, 0.29) is 35.8 Å². The fraction of sp³-hybridized carbons (Fsp3) is 0.0588. The first-order valence-corrected chi connectivity index (χ1v) is 8.28. The van der Waals surface area contributed by atoms with Crippen LogP contribution in [0, 0.1) is 5.82 Å². The Morgan fingerprint density at radius 2 is 2.04 bits per heavy atom. The first-order valence-electron chi connectivity index (χ1n) is 7.49. The maximum atomic E-state index is 14.3. The molecular formula is C17H10BrFLiN5O2. The van der Waals surface area contributed by atoms with Crippen molar-refractivity contribution in [3.8, 4) is 22.5 Å². The molecular weight excluding hydrogens is 412 g/mol. The van der Waals surface area contributed by atoms with Gasteiger partial charge in [-0.05, 0) is 24.3 Å². The number of aromatic carboxylic acids is 1. The minimum absolute atomic E-state index is 0. The Kier molecular flexibility index (Phi) is 5.19. The van der Waals surface area contributed by atoms with Crippen molar-refractivity contribution in [2.75, 3.05) is 0 Å². The van der Waals surface area contributed by atoms with Crippen LogP contribution in [-0.4, -0.2) is 30.3 Å². The fourth-order valence-corrected chi connectivity index (χ4v) is 3.00. The van der Waals surface area contributed by atoms with E-state index in [2.05, 4.69) is 31.1 Å². The zero-order valence-electron chi connectivity index (χ0n) is 14.3.